The first-order valence-corrected chi connectivity index (χ1v) is 13.3. The van der Waals surface area contributed by atoms with Gasteiger partial charge < -0.3 is 4.74 Å². The number of hydrogen-bond donors (Lipinski definition) is 0. The van der Waals surface area contributed by atoms with Crippen LogP contribution in [0.4, 0.5) is 0 Å². The maximum atomic E-state index is 11.9. The number of benzene rings is 3. The number of hydrogen-bond acceptors (Lipinski definition) is 3. The van der Waals surface area contributed by atoms with Crippen LogP contribution in [0.1, 0.15) is 52.0 Å². The Morgan fingerprint density at radius 3 is 2.43 bits per heavy atom. The lowest BCUT2D eigenvalue weighted by Crippen LogP contribution is -2.07. The molecular formula is C33H30NO2P. The van der Waals surface area contributed by atoms with Crippen molar-refractivity contribution in [1.29, 1.82) is 0 Å². The number of ketones is 1. The van der Waals surface area contributed by atoms with Crippen molar-refractivity contribution in [2.45, 2.75) is 34.1 Å². The van der Waals surface area contributed by atoms with Crippen LogP contribution in [-0.4, -0.2) is 10.8 Å². The maximum absolute atomic E-state index is 11.9. The number of carbonyl (C=O) groups is 1. The Labute approximate surface area is 221 Å². The lowest BCUT2D eigenvalue weighted by molar-refractivity contribution is 0.101. The third-order valence-electron chi connectivity index (χ3n) is 6.12. The van der Waals surface area contributed by atoms with E-state index < -0.39 is 0 Å². The largest absolute Gasteiger partial charge is 0.458 e. The number of ether oxygens (including phenoxy) is 1. The predicted octanol–water partition coefficient (Wildman–Crippen LogP) is 7.38. The summed E-state index contributed by atoms with van der Waals surface area (Å²) in [6.45, 7) is 11.9. The van der Waals surface area contributed by atoms with Gasteiger partial charge in [-0.15, -0.1) is 0 Å². The molecule has 4 aromatic rings. The Morgan fingerprint density at radius 1 is 0.973 bits per heavy atom. The number of aromatic nitrogens is 1. The number of carbonyl (C=O) groups excluding carboxylic acids is 1. The minimum atomic E-state index is 0.0285. The fourth-order valence-electron chi connectivity index (χ4n) is 4.06. The van der Waals surface area contributed by atoms with E-state index in [1.807, 2.05) is 49.4 Å². The molecule has 0 saturated carbocycles. The standard InChI is InChI=1S/C33H30NO2P/c1-6-27-20-29(16-13-26-11-14-28(15-12-26)32-9-7-8-18-34-32)23(3)19-33(27)37-25(5)36-30-17-10-22(2)31(21-30)24(4)35/h7-12,14-15,17-21,37H,5-6H2,1-4H3. The molecule has 1 unspecified atom stereocenters. The first kappa shape index (κ1) is 26.1. The van der Waals surface area contributed by atoms with Crippen LogP contribution in [0.15, 0.2) is 91.1 Å². The Kier molecular flexibility index (Phi) is 8.34. The molecule has 3 nitrogen and oxygen atoms in total. The molecule has 0 spiro atoms. The number of rotatable bonds is 7. The summed E-state index contributed by atoms with van der Waals surface area (Å²) in [5, 5.41) is 1.20. The van der Waals surface area contributed by atoms with E-state index in [1.54, 1.807) is 19.2 Å². The summed E-state index contributed by atoms with van der Waals surface area (Å²) >= 11 is 0. The van der Waals surface area contributed by atoms with Gasteiger partial charge in [-0.05, 0) is 106 Å². The molecule has 37 heavy (non-hydrogen) atoms. The van der Waals surface area contributed by atoms with Crippen molar-refractivity contribution in [2.75, 3.05) is 0 Å². The molecule has 4 heteroatoms. The molecule has 0 saturated heterocycles. The van der Waals surface area contributed by atoms with Gasteiger partial charge in [-0.3, -0.25) is 9.78 Å². The number of aryl methyl sites for hydroxylation is 3. The van der Waals surface area contributed by atoms with Gasteiger partial charge in [0.1, 0.15) is 11.2 Å². The van der Waals surface area contributed by atoms with E-state index in [9.17, 15) is 4.79 Å². The molecule has 184 valence electrons. The van der Waals surface area contributed by atoms with E-state index in [1.165, 1.54) is 10.9 Å². The van der Waals surface area contributed by atoms with Gasteiger partial charge in [0.2, 0.25) is 0 Å². The second-order valence-corrected chi connectivity index (χ2v) is 10.2. The molecule has 0 aliphatic heterocycles. The minimum absolute atomic E-state index is 0.0285. The topological polar surface area (TPSA) is 39.2 Å². The van der Waals surface area contributed by atoms with Crippen LogP contribution in [0, 0.1) is 25.7 Å². The van der Waals surface area contributed by atoms with Crippen molar-refractivity contribution in [2.24, 2.45) is 0 Å². The Hall–Kier alpha value is -3.99. The molecule has 0 aliphatic carbocycles. The highest BCUT2D eigenvalue weighted by atomic mass is 31.1. The van der Waals surface area contributed by atoms with Crippen LogP contribution in [-0.2, 0) is 6.42 Å². The predicted molar refractivity (Wildman–Crippen MR) is 155 cm³/mol. The van der Waals surface area contributed by atoms with Crippen molar-refractivity contribution >= 4 is 19.7 Å². The van der Waals surface area contributed by atoms with Gasteiger partial charge in [-0.25, -0.2) is 0 Å². The lowest BCUT2D eigenvalue weighted by atomic mass is 10.0. The average molecular weight is 504 g/mol. The summed E-state index contributed by atoms with van der Waals surface area (Å²) in [5.41, 5.74) is 8.66. The van der Waals surface area contributed by atoms with Gasteiger partial charge in [0, 0.05) is 28.5 Å². The van der Waals surface area contributed by atoms with E-state index in [2.05, 4.69) is 61.5 Å². The molecule has 1 aromatic heterocycles. The third-order valence-corrected chi connectivity index (χ3v) is 7.24. The molecule has 0 amide bonds. The fourth-order valence-corrected chi connectivity index (χ4v) is 5.22. The molecule has 0 bridgehead atoms. The maximum Gasteiger partial charge on any atom is 0.160 e. The van der Waals surface area contributed by atoms with Crippen LogP contribution < -0.4 is 10.0 Å². The van der Waals surface area contributed by atoms with Crippen molar-refractivity contribution in [3.8, 4) is 28.8 Å². The van der Waals surface area contributed by atoms with Gasteiger partial charge >= 0.3 is 0 Å². The number of Topliss-reactive ketones (excluding diaryl/α,β-unsaturated/α-hetero) is 1. The molecule has 3 aromatic carbocycles. The van der Waals surface area contributed by atoms with Crippen LogP contribution in [0.5, 0.6) is 5.75 Å². The molecule has 0 N–H and O–H groups in total. The smallest absolute Gasteiger partial charge is 0.160 e. The monoisotopic (exact) mass is 503 g/mol. The van der Waals surface area contributed by atoms with E-state index in [-0.39, 0.29) is 5.78 Å². The number of nitrogens with zero attached hydrogens (tertiary/aromatic N) is 1. The summed E-state index contributed by atoms with van der Waals surface area (Å²) < 4.78 is 6.01. The zero-order valence-electron chi connectivity index (χ0n) is 21.7. The van der Waals surface area contributed by atoms with Gasteiger partial charge in [-0.2, -0.15) is 0 Å². The summed E-state index contributed by atoms with van der Waals surface area (Å²) in [6, 6.07) is 24.0. The van der Waals surface area contributed by atoms with Crippen LogP contribution in [0.2, 0.25) is 0 Å². The summed E-state index contributed by atoms with van der Waals surface area (Å²) in [6.07, 6.45) is 2.69. The highest BCUT2D eigenvalue weighted by molar-refractivity contribution is 7.51. The van der Waals surface area contributed by atoms with Crippen LogP contribution in [0.25, 0.3) is 11.3 Å². The summed E-state index contributed by atoms with van der Waals surface area (Å²) in [7, 11) is 0.295. The van der Waals surface area contributed by atoms with Crippen molar-refractivity contribution in [3.05, 3.63) is 124 Å². The van der Waals surface area contributed by atoms with Crippen LogP contribution in [0.3, 0.4) is 0 Å². The second-order valence-electron chi connectivity index (χ2n) is 8.90. The Morgan fingerprint density at radius 2 is 1.76 bits per heavy atom. The first-order valence-electron chi connectivity index (χ1n) is 12.3. The van der Waals surface area contributed by atoms with Gasteiger partial charge in [0.25, 0.3) is 0 Å². The van der Waals surface area contributed by atoms with E-state index in [4.69, 9.17) is 4.74 Å². The molecule has 0 fully saturated rings. The molecule has 0 radical (unpaired) electrons. The summed E-state index contributed by atoms with van der Waals surface area (Å²) in [4.78, 5) is 16.3. The first-order chi connectivity index (χ1) is 17.8. The van der Waals surface area contributed by atoms with Crippen molar-refractivity contribution in [3.63, 3.8) is 0 Å². The second kappa shape index (κ2) is 11.8. The number of pyridine rings is 1. The molecular weight excluding hydrogens is 473 g/mol. The molecule has 4 rings (SSSR count). The molecule has 0 aliphatic rings. The lowest BCUT2D eigenvalue weighted by Gasteiger charge is -2.14. The van der Waals surface area contributed by atoms with Gasteiger partial charge in [0.05, 0.1) is 5.69 Å². The molecule has 1 atom stereocenters. The fraction of sp³-hybridized carbons (Fsp3) is 0.152. The minimum Gasteiger partial charge on any atom is -0.458 e. The van der Waals surface area contributed by atoms with E-state index in [0.29, 0.717) is 25.4 Å². The van der Waals surface area contributed by atoms with E-state index in [0.717, 1.165) is 39.9 Å². The Balaban J connectivity index is 1.49. The van der Waals surface area contributed by atoms with Gasteiger partial charge in [0.15, 0.2) is 5.78 Å². The average Bonchev–Trinajstić information content (AvgIpc) is 2.90. The quantitative estimate of drug-likeness (QED) is 0.114. The van der Waals surface area contributed by atoms with E-state index >= 15 is 0 Å². The highest BCUT2D eigenvalue weighted by Crippen LogP contribution is 2.29. The van der Waals surface area contributed by atoms with Crippen molar-refractivity contribution in [1.82, 2.24) is 4.98 Å². The normalized spacial score (nSPS) is 10.7. The zero-order chi connectivity index (χ0) is 26.4. The SMILES string of the molecule is C=C(Oc1ccc(C)c(C(C)=O)c1)Pc1cc(C)c(C#Cc2ccc(-c3ccccn3)cc2)cc1CC. The zero-order valence-corrected chi connectivity index (χ0v) is 22.7. The summed E-state index contributed by atoms with van der Waals surface area (Å²) in [5.74, 6) is 7.33. The molecule has 1 heterocycles. The van der Waals surface area contributed by atoms with Crippen LogP contribution >= 0.6 is 8.58 Å². The third kappa shape index (κ3) is 6.62. The van der Waals surface area contributed by atoms with Crippen molar-refractivity contribution < 1.29 is 9.53 Å². The van der Waals surface area contributed by atoms with Gasteiger partial charge in [-0.1, -0.05) is 49.6 Å². The Bertz CT molecular complexity index is 1510. The highest BCUT2D eigenvalue weighted by Gasteiger charge is 2.11.